The molecule has 4 N–H and O–H groups in total. The van der Waals surface area contributed by atoms with Gasteiger partial charge in [-0.1, -0.05) is 39.8 Å². The van der Waals surface area contributed by atoms with Crippen LogP contribution in [0.5, 0.6) is 0 Å². The van der Waals surface area contributed by atoms with Crippen molar-refractivity contribution in [2.45, 2.75) is 33.6 Å². The molecule has 0 aromatic heterocycles. The molecule has 0 atom stereocenters. The van der Waals surface area contributed by atoms with Gasteiger partial charge in [-0.25, -0.2) is 5.84 Å². The fourth-order valence-electron chi connectivity index (χ4n) is 1.48. The highest BCUT2D eigenvalue weighted by molar-refractivity contribution is 5.93. The van der Waals surface area contributed by atoms with Crippen LogP contribution in [0.3, 0.4) is 0 Å². The molecular weight excluding hydrogens is 224 g/mol. The molecule has 0 spiro atoms. The molecule has 1 aromatic rings. The molecule has 0 fully saturated rings. The number of rotatable bonds is 4. The molecular formula is C14H24N4. The summed E-state index contributed by atoms with van der Waals surface area (Å²) in [5, 5.41) is 3.16. The molecule has 0 aliphatic rings. The summed E-state index contributed by atoms with van der Waals surface area (Å²) < 4.78 is 0. The highest BCUT2D eigenvalue weighted by atomic mass is 15.3. The molecule has 1 rings (SSSR count). The van der Waals surface area contributed by atoms with Crippen molar-refractivity contribution < 1.29 is 0 Å². The van der Waals surface area contributed by atoms with Crippen LogP contribution in [-0.2, 0) is 0 Å². The number of anilines is 1. The van der Waals surface area contributed by atoms with Crippen molar-refractivity contribution >= 4 is 11.6 Å². The lowest BCUT2D eigenvalue weighted by atomic mass is 10.0. The van der Waals surface area contributed by atoms with Crippen LogP contribution in [0.1, 0.15) is 39.2 Å². The van der Waals surface area contributed by atoms with Crippen LogP contribution in [0.2, 0.25) is 0 Å². The van der Waals surface area contributed by atoms with Crippen molar-refractivity contribution in [3.8, 4) is 0 Å². The highest BCUT2D eigenvalue weighted by Crippen LogP contribution is 2.16. The average molecular weight is 248 g/mol. The smallest absolute Gasteiger partial charge is 0.210 e. The Morgan fingerprint density at radius 2 is 1.78 bits per heavy atom. The SMILES string of the molecule is CC(C)CN=C(NN)Nc1ccc(C(C)C)cc1. The second kappa shape index (κ2) is 7.01. The van der Waals surface area contributed by atoms with E-state index in [1.165, 1.54) is 5.56 Å². The van der Waals surface area contributed by atoms with Gasteiger partial charge >= 0.3 is 0 Å². The van der Waals surface area contributed by atoms with Gasteiger partial charge in [-0.15, -0.1) is 0 Å². The Hall–Kier alpha value is -1.55. The van der Waals surface area contributed by atoms with Crippen LogP contribution >= 0.6 is 0 Å². The quantitative estimate of drug-likeness (QED) is 0.332. The second-order valence-corrected chi connectivity index (χ2v) is 5.13. The summed E-state index contributed by atoms with van der Waals surface area (Å²) in [7, 11) is 0. The molecule has 0 aliphatic carbocycles. The van der Waals surface area contributed by atoms with Crippen molar-refractivity contribution in [2.75, 3.05) is 11.9 Å². The minimum atomic E-state index is 0.512. The van der Waals surface area contributed by atoms with E-state index in [-0.39, 0.29) is 0 Å². The van der Waals surface area contributed by atoms with Gasteiger partial charge < -0.3 is 5.32 Å². The summed E-state index contributed by atoms with van der Waals surface area (Å²) in [5.74, 6) is 7.09. The molecule has 0 aliphatic heterocycles. The van der Waals surface area contributed by atoms with Crippen molar-refractivity contribution in [1.29, 1.82) is 0 Å². The summed E-state index contributed by atoms with van der Waals surface area (Å²) >= 11 is 0. The monoisotopic (exact) mass is 248 g/mol. The molecule has 100 valence electrons. The first-order chi connectivity index (χ1) is 8.52. The van der Waals surface area contributed by atoms with E-state index in [1.807, 2.05) is 12.1 Å². The zero-order valence-electron chi connectivity index (χ0n) is 11.7. The highest BCUT2D eigenvalue weighted by Gasteiger charge is 2.01. The average Bonchev–Trinajstić information content (AvgIpc) is 2.34. The standard InChI is InChI=1S/C14H24N4/c1-10(2)9-16-14(18-15)17-13-7-5-12(6-8-13)11(3)4/h5-8,10-11H,9,15H2,1-4H3,(H2,16,17,18). The Morgan fingerprint density at radius 3 is 2.22 bits per heavy atom. The zero-order valence-corrected chi connectivity index (χ0v) is 11.7. The van der Waals surface area contributed by atoms with Crippen LogP contribution < -0.4 is 16.6 Å². The molecule has 0 saturated heterocycles. The van der Waals surface area contributed by atoms with E-state index in [2.05, 4.69) is 55.6 Å². The first kappa shape index (κ1) is 14.5. The van der Waals surface area contributed by atoms with Gasteiger partial charge in [-0.2, -0.15) is 0 Å². The maximum Gasteiger partial charge on any atom is 0.210 e. The number of nitrogens with one attached hydrogen (secondary N) is 2. The lowest BCUT2D eigenvalue weighted by molar-refractivity contribution is 0.663. The van der Waals surface area contributed by atoms with Crippen molar-refractivity contribution in [1.82, 2.24) is 5.43 Å². The Morgan fingerprint density at radius 1 is 1.17 bits per heavy atom. The van der Waals surface area contributed by atoms with Crippen LogP contribution in [0.15, 0.2) is 29.3 Å². The summed E-state index contributed by atoms with van der Waals surface area (Å²) in [6, 6.07) is 8.31. The van der Waals surface area contributed by atoms with Gasteiger partial charge in [0.05, 0.1) is 0 Å². The van der Waals surface area contributed by atoms with Crippen LogP contribution in [0.25, 0.3) is 0 Å². The molecule has 4 nitrogen and oxygen atoms in total. The van der Waals surface area contributed by atoms with E-state index in [1.54, 1.807) is 0 Å². The number of guanidine groups is 1. The minimum absolute atomic E-state index is 0.512. The van der Waals surface area contributed by atoms with Crippen molar-refractivity contribution in [2.24, 2.45) is 16.8 Å². The fraction of sp³-hybridized carbons (Fsp3) is 0.500. The normalized spacial score (nSPS) is 12.1. The maximum absolute atomic E-state index is 5.44. The van der Waals surface area contributed by atoms with Gasteiger partial charge in [0, 0.05) is 12.2 Å². The Bertz CT molecular complexity index is 379. The lowest BCUT2D eigenvalue weighted by Crippen LogP contribution is -2.36. The Labute approximate surface area is 110 Å². The number of nitrogens with two attached hydrogens (primary N) is 1. The second-order valence-electron chi connectivity index (χ2n) is 5.13. The van der Waals surface area contributed by atoms with Crippen LogP contribution in [0.4, 0.5) is 5.69 Å². The van der Waals surface area contributed by atoms with Crippen LogP contribution in [-0.4, -0.2) is 12.5 Å². The topological polar surface area (TPSA) is 62.4 Å². The predicted octanol–water partition coefficient (Wildman–Crippen LogP) is 2.70. The predicted molar refractivity (Wildman–Crippen MR) is 78.6 cm³/mol. The largest absolute Gasteiger partial charge is 0.325 e. The lowest BCUT2D eigenvalue weighted by Gasteiger charge is -2.11. The number of nitrogens with zero attached hydrogens (tertiary/aromatic N) is 1. The molecule has 0 radical (unpaired) electrons. The first-order valence-electron chi connectivity index (χ1n) is 6.41. The van der Waals surface area contributed by atoms with Crippen molar-refractivity contribution in [3.63, 3.8) is 0 Å². The molecule has 0 bridgehead atoms. The Kier molecular flexibility index (Phi) is 5.65. The summed E-state index contributed by atoms with van der Waals surface area (Å²) in [6.07, 6.45) is 0. The maximum atomic E-state index is 5.44. The van der Waals surface area contributed by atoms with Gasteiger partial charge in [-0.3, -0.25) is 10.4 Å². The number of benzene rings is 1. The van der Waals surface area contributed by atoms with Gasteiger partial charge in [0.15, 0.2) is 0 Å². The number of hydrazine groups is 1. The summed E-state index contributed by atoms with van der Waals surface area (Å²) in [4.78, 5) is 4.36. The van der Waals surface area contributed by atoms with E-state index in [4.69, 9.17) is 5.84 Å². The zero-order chi connectivity index (χ0) is 13.5. The third-order valence-corrected chi connectivity index (χ3v) is 2.59. The Balaban J connectivity index is 2.67. The molecule has 0 heterocycles. The van der Waals surface area contributed by atoms with E-state index < -0.39 is 0 Å². The molecule has 0 amide bonds. The van der Waals surface area contributed by atoms with E-state index >= 15 is 0 Å². The summed E-state index contributed by atoms with van der Waals surface area (Å²) in [5.41, 5.74) is 4.89. The molecule has 0 unspecified atom stereocenters. The van der Waals surface area contributed by atoms with E-state index in [0.717, 1.165) is 12.2 Å². The minimum Gasteiger partial charge on any atom is -0.325 e. The van der Waals surface area contributed by atoms with Crippen LogP contribution in [0, 0.1) is 5.92 Å². The van der Waals surface area contributed by atoms with Crippen molar-refractivity contribution in [3.05, 3.63) is 29.8 Å². The third-order valence-electron chi connectivity index (χ3n) is 2.59. The molecule has 1 aromatic carbocycles. The number of hydrogen-bond donors (Lipinski definition) is 3. The van der Waals surface area contributed by atoms with Gasteiger partial charge in [0.25, 0.3) is 0 Å². The van der Waals surface area contributed by atoms with Gasteiger partial charge in [0.1, 0.15) is 0 Å². The van der Waals surface area contributed by atoms with E-state index in [9.17, 15) is 0 Å². The first-order valence-corrected chi connectivity index (χ1v) is 6.41. The molecule has 0 saturated carbocycles. The third kappa shape index (κ3) is 4.75. The fourth-order valence-corrected chi connectivity index (χ4v) is 1.48. The molecule has 4 heteroatoms. The summed E-state index contributed by atoms with van der Waals surface area (Å²) in [6.45, 7) is 9.35. The van der Waals surface area contributed by atoms with Gasteiger partial charge in [0.2, 0.25) is 5.96 Å². The van der Waals surface area contributed by atoms with Gasteiger partial charge in [-0.05, 0) is 29.5 Å². The number of hydrogen-bond acceptors (Lipinski definition) is 2. The number of aliphatic imine (C=N–C) groups is 1. The molecule has 18 heavy (non-hydrogen) atoms. The van der Waals surface area contributed by atoms with E-state index in [0.29, 0.717) is 17.8 Å².